The minimum atomic E-state index is -0.514. The van der Waals surface area contributed by atoms with Gasteiger partial charge in [-0.1, -0.05) is 29.3 Å². The van der Waals surface area contributed by atoms with Crippen LogP contribution in [0.2, 0.25) is 10.0 Å². The standard InChI is InChI=1S/C8H9Cl3Si/c1-5-2-3-7(9)8(10)6(5)4-12-11/h2-3H,4,12H2,1H3. The molecule has 0 bridgehead atoms. The molecule has 1 aromatic rings. The summed E-state index contributed by atoms with van der Waals surface area (Å²) in [6, 6.07) is 4.70. The molecule has 0 aliphatic carbocycles. The van der Waals surface area contributed by atoms with Gasteiger partial charge >= 0.3 is 0 Å². The predicted octanol–water partition coefficient (Wildman–Crippen LogP) is 3.12. The Labute approximate surface area is 89.4 Å². The summed E-state index contributed by atoms with van der Waals surface area (Å²) < 4.78 is 0. The number of rotatable bonds is 2. The van der Waals surface area contributed by atoms with Crippen molar-refractivity contribution in [2.75, 3.05) is 0 Å². The van der Waals surface area contributed by atoms with E-state index in [1.807, 2.05) is 19.1 Å². The van der Waals surface area contributed by atoms with Crippen LogP contribution in [-0.2, 0) is 6.04 Å². The highest BCUT2D eigenvalue weighted by Gasteiger charge is 2.06. The molecule has 0 aliphatic rings. The van der Waals surface area contributed by atoms with E-state index in [4.69, 9.17) is 34.3 Å². The topological polar surface area (TPSA) is 0 Å². The van der Waals surface area contributed by atoms with Crippen molar-refractivity contribution in [3.05, 3.63) is 33.3 Å². The molecule has 0 unspecified atom stereocenters. The highest BCUT2D eigenvalue weighted by Crippen LogP contribution is 2.28. The van der Waals surface area contributed by atoms with Crippen molar-refractivity contribution in [1.29, 1.82) is 0 Å². The maximum atomic E-state index is 6.01. The van der Waals surface area contributed by atoms with Crippen LogP contribution in [-0.4, -0.2) is 8.83 Å². The lowest BCUT2D eigenvalue weighted by Gasteiger charge is -2.07. The van der Waals surface area contributed by atoms with Crippen LogP contribution in [0.4, 0.5) is 0 Å². The van der Waals surface area contributed by atoms with Gasteiger partial charge in [-0.05, 0) is 30.2 Å². The normalized spacial score (nSPS) is 11.3. The number of hydrogen-bond acceptors (Lipinski definition) is 0. The summed E-state index contributed by atoms with van der Waals surface area (Å²) in [5.74, 6) is 0. The van der Waals surface area contributed by atoms with E-state index >= 15 is 0 Å². The summed E-state index contributed by atoms with van der Waals surface area (Å²) in [5.41, 5.74) is 2.29. The average molecular weight is 240 g/mol. The van der Waals surface area contributed by atoms with Gasteiger partial charge in [0.1, 0.15) is 8.83 Å². The van der Waals surface area contributed by atoms with E-state index in [0.717, 1.165) is 11.6 Å². The van der Waals surface area contributed by atoms with Gasteiger partial charge in [0.05, 0.1) is 10.0 Å². The molecular weight excluding hydrogens is 231 g/mol. The lowest BCUT2D eigenvalue weighted by Crippen LogP contribution is -1.94. The van der Waals surface area contributed by atoms with Crippen molar-refractivity contribution in [2.24, 2.45) is 0 Å². The molecule has 0 atom stereocenters. The first kappa shape index (κ1) is 10.4. The molecule has 0 radical (unpaired) electrons. The van der Waals surface area contributed by atoms with Crippen molar-refractivity contribution in [3.63, 3.8) is 0 Å². The molecular formula is C8H9Cl3Si. The van der Waals surface area contributed by atoms with Crippen LogP contribution >= 0.6 is 34.3 Å². The van der Waals surface area contributed by atoms with Crippen molar-refractivity contribution in [2.45, 2.75) is 13.0 Å². The molecule has 0 nitrogen and oxygen atoms in total. The van der Waals surface area contributed by atoms with Gasteiger partial charge in [0.25, 0.3) is 0 Å². The first-order valence-corrected chi connectivity index (χ1v) is 7.55. The van der Waals surface area contributed by atoms with Crippen LogP contribution in [0.5, 0.6) is 0 Å². The predicted molar refractivity (Wildman–Crippen MR) is 59.3 cm³/mol. The van der Waals surface area contributed by atoms with Crippen LogP contribution in [0.25, 0.3) is 0 Å². The molecule has 4 heteroatoms. The quantitative estimate of drug-likeness (QED) is 0.549. The van der Waals surface area contributed by atoms with Crippen molar-refractivity contribution < 1.29 is 0 Å². The third-order valence-electron chi connectivity index (χ3n) is 1.77. The van der Waals surface area contributed by atoms with Crippen molar-refractivity contribution in [3.8, 4) is 0 Å². The zero-order valence-corrected chi connectivity index (χ0v) is 10.4. The minimum absolute atomic E-state index is 0.514. The summed E-state index contributed by atoms with van der Waals surface area (Å²) in [6.07, 6.45) is 0. The van der Waals surface area contributed by atoms with Gasteiger partial charge in [0.2, 0.25) is 0 Å². The third kappa shape index (κ3) is 2.16. The summed E-state index contributed by atoms with van der Waals surface area (Å²) in [7, 11) is -0.514. The first-order chi connectivity index (χ1) is 5.66. The van der Waals surface area contributed by atoms with Crippen LogP contribution in [0.1, 0.15) is 11.1 Å². The second-order valence-electron chi connectivity index (χ2n) is 2.60. The lowest BCUT2D eigenvalue weighted by atomic mass is 10.1. The van der Waals surface area contributed by atoms with E-state index in [2.05, 4.69) is 0 Å². The van der Waals surface area contributed by atoms with Gasteiger partial charge < -0.3 is 0 Å². The number of aryl methyl sites for hydroxylation is 1. The van der Waals surface area contributed by atoms with E-state index < -0.39 is 8.83 Å². The summed E-state index contributed by atoms with van der Waals surface area (Å²) in [5, 5.41) is 1.29. The van der Waals surface area contributed by atoms with E-state index in [-0.39, 0.29) is 0 Å². The third-order valence-corrected chi connectivity index (χ3v) is 3.87. The van der Waals surface area contributed by atoms with Gasteiger partial charge in [-0.3, -0.25) is 0 Å². The maximum absolute atomic E-state index is 6.01. The van der Waals surface area contributed by atoms with Gasteiger partial charge in [0, 0.05) is 0 Å². The van der Waals surface area contributed by atoms with E-state index in [9.17, 15) is 0 Å². The highest BCUT2D eigenvalue weighted by atomic mass is 35.6. The monoisotopic (exact) mass is 238 g/mol. The Bertz CT molecular complexity index is 286. The molecule has 0 amide bonds. The Hall–Kier alpha value is 0.307. The highest BCUT2D eigenvalue weighted by molar-refractivity contribution is 6.93. The van der Waals surface area contributed by atoms with E-state index in [1.165, 1.54) is 5.56 Å². The molecule has 0 N–H and O–H groups in total. The zero-order valence-electron chi connectivity index (χ0n) is 6.70. The molecule has 0 saturated heterocycles. The number of benzene rings is 1. The number of hydrogen-bond donors (Lipinski definition) is 0. The summed E-state index contributed by atoms with van der Waals surface area (Å²) >= 11 is 17.6. The van der Waals surface area contributed by atoms with Gasteiger partial charge in [0.15, 0.2) is 0 Å². The van der Waals surface area contributed by atoms with Crippen LogP contribution in [0.15, 0.2) is 12.1 Å². The largest absolute Gasteiger partial charge is 0.176 e. The second-order valence-corrected chi connectivity index (χ2v) is 5.39. The van der Waals surface area contributed by atoms with Crippen molar-refractivity contribution >= 4 is 43.1 Å². The SMILES string of the molecule is Cc1ccc(Cl)c(Cl)c1C[SiH2]Cl. The molecule has 0 fully saturated rings. The molecule has 1 aromatic carbocycles. The molecule has 0 spiro atoms. The average Bonchev–Trinajstić information content (AvgIpc) is 2.06. The molecule has 66 valence electrons. The van der Waals surface area contributed by atoms with Gasteiger partial charge in [-0.25, -0.2) is 0 Å². The Kier molecular flexibility index (Phi) is 3.91. The second kappa shape index (κ2) is 4.52. The van der Waals surface area contributed by atoms with Gasteiger partial charge in [-0.2, -0.15) is 11.1 Å². The Morgan fingerprint density at radius 2 is 2.00 bits per heavy atom. The Morgan fingerprint density at radius 3 is 2.58 bits per heavy atom. The van der Waals surface area contributed by atoms with Crippen LogP contribution in [0, 0.1) is 6.92 Å². The fraction of sp³-hybridized carbons (Fsp3) is 0.250. The fourth-order valence-corrected chi connectivity index (χ4v) is 3.13. The Balaban J connectivity index is 3.14. The van der Waals surface area contributed by atoms with E-state index in [1.54, 1.807) is 0 Å². The van der Waals surface area contributed by atoms with Crippen LogP contribution in [0.3, 0.4) is 0 Å². The minimum Gasteiger partial charge on any atom is -0.176 e. The van der Waals surface area contributed by atoms with Gasteiger partial charge in [-0.15, -0.1) is 0 Å². The fourth-order valence-electron chi connectivity index (χ4n) is 1.09. The number of halogens is 3. The smallest absolute Gasteiger partial charge is 0.129 e. The molecule has 0 heterocycles. The molecule has 1 rings (SSSR count). The molecule has 12 heavy (non-hydrogen) atoms. The van der Waals surface area contributed by atoms with Crippen molar-refractivity contribution in [1.82, 2.24) is 0 Å². The molecule has 0 saturated carbocycles. The maximum Gasteiger partial charge on any atom is 0.129 e. The summed E-state index contributed by atoms with van der Waals surface area (Å²) in [4.78, 5) is 0. The molecule has 0 aliphatic heterocycles. The first-order valence-electron chi connectivity index (χ1n) is 3.66. The molecule has 0 aromatic heterocycles. The van der Waals surface area contributed by atoms with E-state index in [0.29, 0.717) is 10.0 Å². The lowest BCUT2D eigenvalue weighted by molar-refractivity contribution is 1.30. The van der Waals surface area contributed by atoms with Crippen LogP contribution < -0.4 is 0 Å². The zero-order chi connectivity index (χ0) is 9.14. The summed E-state index contributed by atoms with van der Waals surface area (Å²) in [6.45, 7) is 2.03. The Morgan fingerprint density at radius 1 is 1.33 bits per heavy atom.